The van der Waals surface area contributed by atoms with Gasteiger partial charge < -0.3 is 9.84 Å². The highest BCUT2D eigenvalue weighted by Crippen LogP contribution is 2.35. The number of benzene rings is 2. The maximum absolute atomic E-state index is 13.8. The zero-order valence-corrected chi connectivity index (χ0v) is 14.2. The third-order valence-corrected chi connectivity index (χ3v) is 4.76. The lowest BCUT2D eigenvalue weighted by Gasteiger charge is -2.39. The molecule has 25 heavy (non-hydrogen) atoms. The highest BCUT2D eigenvalue weighted by molar-refractivity contribution is 5.73. The van der Waals surface area contributed by atoms with Gasteiger partial charge in [-0.15, -0.1) is 0 Å². The normalized spacial score (nSPS) is 19.4. The quantitative estimate of drug-likeness (QED) is 0.895. The van der Waals surface area contributed by atoms with Crippen molar-refractivity contribution in [3.63, 3.8) is 0 Å². The Balaban J connectivity index is 2.05. The summed E-state index contributed by atoms with van der Waals surface area (Å²) in [5, 5.41) is 9.65. The van der Waals surface area contributed by atoms with Crippen LogP contribution in [0.3, 0.4) is 0 Å². The molecule has 2 aromatic carbocycles. The Hall–Kier alpha value is -2.40. The zero-order chi connectivity index (χ0) is 17.8. The number of aliphatic carboxylic acids is 1. The van der Waals surface area contributed by atoms with E-state index in [4.69, 9.17) is 4.74 Å². The highest BCUT2D eigenvalue weighted by Gasteiger charge is 2.35. The van der Waals surface area contributed by atoms with Crippen molar-refractivity contribution in [1.82, 2.24) is 4.90 Å². The van der Waals surface area contributed by atoms with Crippen molar-refractivity contribution in [1.29, 1.82) is 0 Å². The molecule has 1 heterocycles. The van der Waals surface area contributed by atoms with E-state index >= 15 is 0 Å². The summed E-state index contributed by atoms with van der Waals surface area (Å²) in [4.78, 5) is 13.7. The van der Waals surface area contributed by atoms with Crippen LogP contribution in [0.2, 0.25) is 0 Å². The van der Waals surface area contributed by atoms with E-state index in [1.165, 1.54) is 12.1 Å². The topological polar surface area (TPSA) is 49.8 Å². The SMILES string of the molecule is COc1ccc(C(c2cccc(F)c2)N2CCCCC2C(=O)O)cc1. The summed E-state index contributed by atoms with van der Waals surface area (Å²) >= 11 is 0. The third kappa shape index (κ3) is 3.82. The van der Waals surface area contributed by atoms with Crippen molar-refractivity contribution in [2.24, 2.45) is 0 Å². The number of rotatable bonds is 5. The predicted octanol–water partition coefficient (Wildman–Crippen LogP) is 3.86. The molecule has 1 saturated heterocycles. The number of halogens is 1. The first-order valence-electron chi connectivity index (χ1n) is 8.48. The summed E-state index contributed by atoms with van der Waals surface area (Å²) < 4.78 is 19.0. The number of hydrogen-bond donors (Lipinski definition) is 1. The molecule has 0 radical (unpaired) electrons. The number of carbonyl (C=O) groups is 1. The lowest BCUT2D eigenvalue weighted by Crippen LogP contribution is -2.46. The average Bonchev–Trinajstić information content (AvgIpc) is 2.63. The summed E-state index contributed by atoms with van der Waals surface area (Å²) in [6.07, 6.45) is 2.44. The molecule has 0 aliphatic carbocycles. The number of ether oxygens (including phenoxy) is 1. The Kier molecular flexibility index (Phi) is 5.34. The molecule has 1 N–H and O–H groups in total. The van der Waals surface area contributed by atoms with Gasteiger partial charge in [0.25, 0.3) is 0 Å². The van der Waals surface area contributed by atoms with Crippen molar-refractivity contribution < 1.29 is 19.0 Å². The van der Waals surface area contributed by atoms with E-state index in [0.717, 1.165) is 29.7 Å². The van der Waals surface area contributed by atoms with Crippen molar-refractivity contribution in [2.75, 3.05) is 13.7 Å². The molecule has 1 fully saturated rings. The molecule has 2 atom stereocenters. The van der Waals surface area contributed by atoms with E-state index in [2.05, 4.69) is 0 Å². The molecule has 0 spiro atoms. The fraction of sp³-hybridized carbons (Fsp3) is 0.350. The van der Waals surface area contributed by atoms with Gasteiger partial charge in [0.2, 0.25) is 0 Å². The minimum Gasteiger partial charge on any atom is -0.497 e. The fourth-order valence-electron chi connectivity index (χ4n) is 3.57. The molecule has 3 rings (SSSR count). The van der Waals surface area contributed by atoms with Gasteiger partial charge >= 0.3 is 5.97 Å². The molecule has 1 aliphatic heterocycles. The molecule has 4 nitrogen and oxygen atoms in total. The molecule has 0 amide bonds. The second-order valence-electron chi connectivity index (χ2n) is 6.32. The average molecular weight is 343 g/mol. The Bertz CT molecular complexity index is 732. The maximum atomic E-state index is 13.8. The van der Waals surface area contributed by atoms with Gasteiger partial charge in [0.15, 0.2) is 0 Å². The molecule has 1 aliphatic rings. The third-order valence-electron chi connectivity index (χ3n) is 4.76. The van der Waals surface area contributed by atoms with Gasteiger partial charge in [-0.05, 0) is 54.8 Å². The number of hydrogen-bond acceptors (Lipinski definition) is 3. The first-order valence-corrected chi connectivity index (χ1v) is 8.48. The number of carboxylic acids is 1. The molecular weight excluding hydrogens is 321 g/mol. The van der Waals surface area contributed by atoms with Crippen molar-refractivity contribution >= 4 is 5.97 Å². The monoisotopic (exact) mass is 343 g/mol. The Morgan fingerprint density at radius 1 is 1.20 bits per heavy atom. The van der Waals surface area contributed by atoms with Gasteiger partial charge in [0.05, 0.1) is 13.2 Å². The highest BCUT2D eigenvalue weighted by atomic mass is 19.1. The van der Waals surface area contributed by atoms with Gasteiger partial charge in [-0.2, -0.15) is 0 Å². The second kappa shape index (κ2) is 7.66. The number of piperidine rings is 1. The largest absolute Gasteiger partial charge is 0.497 e. The van der Waals surface area contributed by atoms with E-state index < -0.39 is 12.0 Å². The first kappa shape index (κ1) is 17.4. The van der Waals surface area contributed by atoms with Crippen LogP contribution < -0.4 is 4.74 Å². The smallest absolute Gasteiger partial charge is 0.320 e. The molecule has 2 aromatic rings. The van der Waals surface area contributed by atoms with Gasteiger partial charge in [-0.25, -0.2) is 4.39 Å². The Morgan fingerprint density at radius 2 is 1.96 bits per heavy atom. The predicted molar refractivity (Wildman–Crippen MR) is 93.2 cm³/mol. The van der Waals surface area contributed by atoms with Crippen LogP contribution in [-0.2, 0) is 4.79 Å². The van der Waals surface area contributed by atoms with E-state index in [9.17, 15) is 14.3 Å². The van der Waals surface area contributed by atoms with Gasteiger partial charge in [0.1, 0.15) is 17.6 Å². The number of methoxy groups -OCH3 is 1. The van der Waals surface area contributed by atoms with Gasteiger partial charge in [-0.3, -0.25) is 9.69 Å². The van der Waals surface area contributed by atoms with Crippen molar-refractivity contribution in [3.8, 4) is 5.75 Å². The Morgan fingerprint density at radius 3 is 2.60 bits per heavy atom. The summed E-state index contributed by atoms with van der Waals surface area (Å²) in [6, 6.07) is 13.1. The second-order valence-corrected chi connectivity index (χ2v) is 6.32. The fourth-order valence-corrected chi connectivity index (χ4v) is 3.57. The minimum absolute atomic E-state index is 0.303. The first-order chi connectivity index (χ1) is 12.1. The van der Waals surface area contributed by atoms with Gasteiger partial charge in [-0.1, -0.05) is 30.7 Å². The van der Waals surface area contributed by atoms with Crippen LogP contribution in [0.5, 0.6) is 5.75 Å². The Labute approximate surface area is 146 Å². The number of nitrogens with zero attached hydrogens (tertiary/aromatic N) is 1. The number of likely N-dealkylation sites (tertiary alicyclic amines) is 1. The van der Waals surface area contributed by atoms with E-state index in [-0.39, 0.29) is 11.9 Å². The van der Waals surface area contributed by atoms with Crippen molar-refractivity contribution in [3.05, 3.63) is 65.5 Å². The van der Waals surface area contributed by atoms with Crippen LogP contribution >= 0.6 is 0 Å². The van der Waals surface area contributed by atoms with E-state index in [0.29, 0.717) is 13.0 Å². The molecule has 2 unspecified atom stereocenters. The van der Waals surface area contributed by atoms with E-state index in [1.54, 1.807) is 13.2 Å². The van der Waals surface area contributed by atoms with Crippen LogP contribution in [0.4, 0.5) is 4.39 Å². The molecule has 0 bridgehead atoms. The van der Waals surface area contributed by atoms with Crippen molar-refractivity contribution in [2.45, 2.75) is 31.3 Å². The lowest BCUT2D eigenvalue weighted by molar-refractivity contribution is -0.145. The van der Waals surface area contributed by atoms with Crippen LogP contribution in [0, 0.1) is 5.82 Å². The number of carboxylic acid groups (broad SMARTS) is 1. The zero-order valence-electron chi connectivity index (χ0n) is 14.2. The van der Waals surface area contributed by atoms with Crippen LogP contribution in [0.1, 0.15) is 36.4 Å². The van der Waals surface area contributed by atoms with Gasteiger partial charge in [0, 0.05) is 0 Å². The minimum atomic E-state index is -0.824. The van der Waals surface area contributed by atoms with E-state index in [1.807, 2.05) is 35.2 Å². The summed E-state index contributed by atoms with van der Waals surface area (Å²) in [5.74, 6) is -0.412. The molecule has 132 valence electrons. The molecule has 0 aromatic heterocycles. The lowest BCUT2D eigenvalue weighted by atomic mass is 9.91. The van der Waals surface area contributed by atoms with Crippen LogP contribution in [0.15, 0.2) is 48.5 Å². The molecule has 0 saturated carbocycles. The molecule has 5 heteroatoms. The summed E-state index contributed by atoms with van der Waals surface area (Å²) in [7, 11) is 1.60. The van der Waals surface area contributed by atoms with Crippen LogP contribution in [0.25, 0.3) is 0 Å². The maximum Gasteiger partial charge on any atom is 0.320 e. The summed E-state index contributed by atoms with van der Waals surface area (Å²) in [6.45, 7) is 0.671. The standard InChI is InChI=1S/C20H22FNO3/c1-25-17-10-8-14(9-11-17)19(15-5-4-6-16(21)13-15)22-12-3-2-7-18(22)20(23)24/h4-6,8-11,13,18-19H,2-3,7,12H2,1H3,(H,23,24). The molecular formula is C20H22FNO3. The summed E-state index contributed by atoms with van der Waals surface area (Å²) in [5.41, 5.74) is 1.69. The van der Waals surface area contributed by atoms with Crippen LogP contribution in [-0.4, -0.2) is 35.7 Å².